The normalized spacial score (nSPS) is 18.7. The van der Waals surface area contributed by atoms with Crippen LogP contribution in [0.25, 0.3) is 0 Å². The van der Waals surface area contributed by atoms with Crippen molar-refractivity contribution in [3.05, 3.63) is 44.3 Å². The van der Waals surface area contributed by atoms with Gasteiger partial charge >= 0.3 is 0 Å². The lowest BCUT2D eigenvalue weighted by molar-refractivity contribution is 0.0657. The van der Waals surface area contributed by atoms with Gasteiger partial charge < -0.3 is 9.88 Å². The minimum Gasteiger partial charge on any atom is -0.337 e. The second kappa shape index (κ2) is 6.19. The standard InChI is InChI=1S/C19H24ClN5O2/c1-18(2,3)17-22-14-11(15(26)23-17)4-5-19(14)6-8-25(9-7-19)16(27)13-12(20)10-21-24-13/h10H,4-9H2,1-3H3,(H,21,24)(H,22,23,26). The predicted octanol–water partition coefficient (Wildman–Crippen LogP) is 2.56. The number of aromatic amines is 2. The number of likely N-dealkylation sites (tertiary alicyclic amines) is 1. The first-order valence-corrected chi connectivity index (χ1v) is 9.71. The van der Waals surface area contributed by atoms with Crippen LogP contribution in [0.2, 0.25) is 5.02 Å². The highest BCUT2D eigenvalue weighted by atomic mass is 35.5. The molecule has 1 aliphatic carbocycles. The Balaban J connectivity index is 1.60. The summed E-state index contributed by atoms with van der Waals surface area (Å²) >= 11 is 6.03. The average molecular weight is 390 g/mol. The van der Waals surface area contributed by atoms with Crippen molar-refractivity contribution in [1.29, 1.82) is 0 Å². The van der Waals surface area contributed by atoms with Crippen molar-refractivity contribution >= 4 is 17.5 Å². The molecule has 1 spiro atoms. The highest BCUT2D eigenvalue weighted by Gasteiger charge is 2.45. The summed E-state index contributed by atoms with van der Waals surface area (Å²) in [6, 6.07) is 0. The number of rotatable bonds is 1. The molecule has 0 aromatic carbocycles. The van der Waals surface area contributed by atoms with E-state index in [1.54, 1.807) is 4.90 Å². The second-order valence-electron chi connectivity index (χ2n) is 8.66. The fourth-order valence-electron chi connectivity index (χ4n) is 4.21. The lowest BCUT2D eigenvalue weighted by Crippen LogP contribution is -2.45. The number of nitrogens with zero attached hydrogens (tertiary/aromatic N) is 3. The van der Waals surface area contributed by atoms with Crippen molar-refractivity contribution in [2.45, 2.75) is 57.3 Å². The average Bonchev–Trinajstić information content (AvgIpc) is 3.19. The highest BCUT2D eigenvalue weighted by Crippen LogP contribution is 2.44. The Labute approximate surface area is 162 Å². The van der Waals surface area contributed by atoms with E-state index in [1.165, 1.54) is 6.20 Å². The summed E-state index contributed by atoms with van der Waals surface area (Å²) in [5.74, 6) is 0.607. The van der Waals surface area contributed by atoms with Crippen LogP contribution in [0, 0.1) is 0 Å². The van der Waals surface area contributed by atoms with Gasteiger partial charge in [-0.25, -0.2) is 4.98 Å². The summed E-state index contributed by atoms with van der Waals surface area (Å²) in [5, 5.41) is 6.85. The van der Waals surface area contributed by atoms with E-state index < -0.39 is 0 Å². The first-order chi connectivity index (χ1) is 12.7. The molecule has 1 amide bonds. The Kier molecular flexibility index (Phi) is 4.18. The number of hydrogen-bond acceptors (Lipinski definition) is 4. The second-order valence-corrected chi connectivity index (χ2v) is 9.06. The Morgan fingerprint density at radius 1 is 1.26 bits per heavy atom. The van der Waals surface area contributed by atoms with E-state index in [9.17, 15) is 9.59 Å². The Bertz CT molecular complexity index is 948. The van der Waals surface area contributed by atoms with Gasteiger partial charge in [-0.3, -0.25) is 14.7 Å². The van der Waals surface area contributed by atoms with Gasteiger partial charge in [-0.2, -0.15) is 5.10 Å². The van der Waals surface area contributed by atoms with Gasteiger partial charge in [-0.15, -0.1) is 0 Å². The first-order valence-electron chi connectivity index (χ1n) is 9.34. The van der Waals surface area contributed by atoms with Crippen molar-refractivity contribution < 1.29 is 4.79 Å². The Morgan fingerprint density at radius 2 is 1.96 bits per heavy atom. The van der Waals surface area contributed by atoms with E-state index in [4.69, 9.17) is 16.6 Å². The molecule has 8 heteroatoms. The number of carbonyl (C=O) groups is 1. The fourth-order valence-corrected chi connectivity index (χ4v) is 4.38. The third-order valence-electron chi connectivity index (χ3n) is 5.90. The number of piperidine rings is 1. The molecule has 1 fully saturated rings. The third kappa shape index (κ3) is 2.98. The molecule has 1 aliphatic heterocycles. The zero-order chi connectivity index (χ0) is 19.4. The highest BCUT2D eigenvalue weighted by molar-refractivity contribution is 6.33. The van der Waals surface area contributed by atoms with Crippen molar-refractivity contribution in [1.82, 2.24) is 25.1 Å². The summed E-state index contributed by atoms with van der Waals surface area (Å²) in [4.78, 5) is 34.9. The Hall–Kier alpha value is -2.15. The van der Waals surface area contributed by atoms with E-state index in [0.29, 0.717) is 23.8 Å². The summed E-state index contributed by atoms with van der Waals surface area (Å²) < 4.78 is 0. The van der Waals surface area contributed by atoms with Crippen LogP contribution in [0.1, 0.15) is 67.6 Å². The largest absolute Gasteiger partial charge is 0.337 e. The molecular formula is C19H24ClN5O2. The molecule has 2 N–H and O–H groups in total. The molecule has 0 bridgehead atoms. The van der Waals surface area contributed by atoms with Gasteiger partial charge in [0, 0.05) is 29.5 Å². The number of carbonyl (C=O) groups excluding carboxylic acids is 1. The molecule has 3 heterocycles. The van der Waals surface area contributed by atoms with E-state index in [2.05, 4.69) is 36.0 Å². The van der Waals surface area contributed by atoms with Crippen molar-refractivity contribution in [2.24, 2.45) is 0 Å². The van der Waals surface area contributed by atoms with Crippen LogP contribution in [-0.2, 0) is 17.3 Å². The molecule has 0 unspecified atom stereocenters. The van der Waals surface area contributed by atoms with Gasteiger partial charge in [-0.05, 0) is 25.7 Å². The van der Waals surface area contributed by atoms with Crippen LogP contribution >= 0.6 is 11.6 Å². The molecule has 4 rings (SSSR count). The van der Waals surface area contributed by atoms with Crippen LogP contribution in [0.3, 0.4) is 0 Å². The molecule has 7 nitrogen and oxygen atoms in total. The molecule has 2 aliphatic rings. The number of fused-ring (bicyclic) bond motifs is 2. The van der Waals surface area contributed by atoms with Crippen molar-refractivity contribution in [3.63, 3.8) is 0 Å². The quantitative estimate of drug-likeness (QED) is 0.783. The van der Waals surface area contributed by atoms with E-state index in [0.717, 1.165) is 42.8 Å². The summed E-state index contributed by atoms with van der Waals surface area (Å²) in [7, 11) is 0. The van der Waals surface area contributed by atoms with Crippen LogP contribution in [-0.4, -0.2) is 44.1 Å². The zero-order valence-electron chi connectivity index (χ0n) is 15.9. The molecule has 0 saturated carbocycles. The van der Waals surface area contributed by atoms with E-state index >= 15 is 0 Å². The Morgan fingerprint density at radius 3 is 2.56 bits per heavy atom. The van der Waals surface area contributed by atoms with Crippen LogP contribution in [0.4, 0.5) is 0 Å². The fraction of sp³-hybridized carbons (Fsp3) is 0.579. The van der Waals surface area contributed by atoms with Gasteiger partial charge in [0.25, 0.3) is 11.5 Å². The minimum absolute atomic E-state index is 0.00968. The molecule has 27 heavy (non-hydrogen) atoms. The third-order valence-corrected chi connectivity index (χ3v) is 6.18. The van der Waals surface area contributed by atoms with Gasteiger partial charge in [0.2, 0.25) is 0 Å². The molecule has 2 aromatic heterocycles. The maximum absolute atomic E-state index is 12.7. The SMILES string of the molecule is CC(C)(C)c1nc2c(c(=O)[nH]1)CCC21CCN(C(=O)c2[nH]ncc2Cl)CC1. The zero-order valence-corrected chi connectivity index (χ0v) is 16.6. The van der Waals surface area contributed by atoms with Gasteiger partial charge in [0.1, 0.15) is 11.5 Å². The summed E-state index contributed by atoms with van der Waals surface area (Å²) in [5.41, 5.74) is 1.76. The van der Waals surface area contributed by atoms with Gasteiger partial charge in [0.15, 0.2) is 0 Å². The molecule has 2 aromatic rings. The number of hydrogen-bond donors (Lipinski definition) is 2. The predicted molar refractivity (Wildman–Crippen MR) is 102 cm³/mol. The maximum atomic E-state index is 12.7. The maximum Gasteiger partial charge on any atom is 0.273 e. The van der Waals surface area contributed by atoms with Crippen molar-refractivity contribution in [2.75, 3.05) is 13.1 Å². The smallest absolute Gasteiger partial charge is 0.273 e. The monoisotopic (exact) mass is 389 g/mol. The van der Waals surface area contributed by atoms with Crippen LogP contribution < -0.4 is 5.56 Å². The molecule has 1 saturated heterocycles. The van der Waals surface area contributed by atoms with Crippen molar-refractivity contribution in [3.8, 4) is 0 Å². The summed E-state index contributed by atoms with van der Waals surface area (Å²) in [6.45, 7) is 7.39. The summed E-state index contributed by atoms with van der Waals surface area (Å²) in [6.07, 6.45) is 4.72. The van der Waals surface area contributed by atoms with E-state index in [-0.39, 0.29) is 22.3 Å². The molecule has 0 radical (unpaired) electrons. The first kappa shape index (κ1) is 18.2. The minimum atomic E-state index is -0.216. The van der Waals surface area contributed by atoms with Gasteiger partial charge in [0.05, 0.1) is 16.9 Å². The number of H-pyrrole nitrogens is 2. The number of halogens is 1. The molecule has 144 valence electrons. The lowest BCUT2D eigenvalue weighted by atomic mass is 9.76. The number of aromatic nitrogens is 4. The van der Waals surface area contributed by atoms with E-state index in [1.807, 2.05) is 0 Å². The topological polar surface area (TPSA) is 94.7 Å². The van der Waals surface area contributed by atoms with Crippen LogP contribution in [0.15, 0.2) is 11.0 Å². The van der Waals surface area contributed by atoms with Gasteiger partial charge in [-0.1, -0.05) is 32.4 Å². The molecular weight excluding hydrogens is 366 g/mol. The number of amides is 1. The number of nitrogens with one attached hydrogen (secondary N) is 2. The van der Waals surface area contributed by atoms with Crippen LogP contribution in [0.5, 0.6) is 0 Å². The lowest BCUT2D eigenvalue weighted by Gasteiger charge is -2.39. The molecule has 0 atom stereocenters.